The monoisotopic (exact) mass is 424 g/mol. The first-order chi connectivity index (χ1) is 14.4. The first-order valence-electron chi connectivity index (χ1n) is 11.9. The van der Waals surface area contributed by atoms with Crippen molar-refractivity contribution >= 4 is 5.97 Å². The molecule has 4 aliphatic rings. The maximum atomic E-state index is 12.8. The number of allylic oxidation sites excluding steroid dienone is 1. The minimum atomic E-state index is -0.510. The number of hydrogen-bond acceptors (Lipinski definition) is 5. The Morgan fingerprint density at radius 1 is 1.23 bits per heavy atom. The maximum absolute atomic E-state index is 12.8. The van der Waals surface area contributed by atoms with Crippen molar-refractivity contribution < 1.29 is 34.3 Å². The summed E-state index contributed by atoms with van der Waals surface area (Å²) >= 11 is 0. The van der Waals surface area contributed by atoms with Crippen molar-refractivity contribution in [2.45, 2.75) is 45.3 Å². The molecule has 0 bridgehead atoms. The molecule has 0 unspecified atom stereocenters. The summed E-state index contributed by atoms with van der Waals surface area (Å²) in [5.41, 5.74) is 1.08. The van der Waals surface area contributed by atoms with E-state index in [9.17, 15) is 9.90 Å². The maximum Gasteiger partial charge on any atom is 0.315 e. The molecule has 2 heterocycles. The molecule has 3 fully saturated rings. The minimum Gasteiger partial charge on any atom is -0.461 e. The second-order valence-corrected chi connectivity index (χ2v) is 10.1. The lowest BCUT2D eigenvalue weighted by Gasteiger charge is -2.51. The molecule has 0 amide bonds. The Kier molecular flexibility index (Phi) is 6.85. The smallest absolute Gasteiger partial charge is 0.315 e. The minimum absolute atomic E-state index is 0.0772. The fourth-order valence-corrected chi connectivity index (χ4v) is 6.40. The molecule has 0 spiro atoms. The number of ether oxygens (including phenoxy) is 2. The van der Waals surface area contributed by atoms with Gasteiger partial charge in [0, 0.05) is 17.8 Å². The van der Waals surface area contributed by atoms with Gasteiger partial charge in [-0.15, -0.1) is 0 Å². The molecular formula is C23H40N2O5+2. The van der Waals surface area contributed by atoms with Gasteiger partial charge in [-0.2, -0.15) is 0 Å². The molecule has 7 heteroatoms. The standard InChI is InChI=1S/C23H38N2O5/c1-16-4-3-5-17-14-19-20(21(27)23(16,17)2)18(22(28)30-19)15-25-8-6-24(7-9-25)10-12-29-13-11-26/h5,16,18-21,26-27H,3-4,6-15H2,1-2H3/p+2/t16-,18-,19-,20-,21-,23-/m1/s1. The highest BCUT2D eigenvalue weighted by molar-refractivity contribution is 5.76. The van der Waals surface area contributed by atoms with Crippen LogP contribution >= 0.6 is 0 Å². The van der Waals surface area contributed by atoms with Crippen molar-refractivity contribution in [2.24, 2.45) is 23.2 Å². The molecule has 2 aliphatic heterocycles. The van der Waals surface area contributed by atoms with E-state index < -0.39 is 6.10 Å². The van der Waals surface area contributed by atoms with E-state index in [2.05, 4.69) is 19.9 Å². The van der Waals surface area contributed by atoms with Gasteiger partial charge in [0.25, 0.3) is 0 Å². The van der Waals surface area contributed by atoms with Crippen molar-refractivity contribution in [3.05, 3.63) is 11.6 Å². The Labute approximate surface area is 180 Å². The summed E-state index contributed by atoms with van der Waals surface area (Å²) in [5.74, 6) is 0.0588. The van der Waals surface area contributed by atoms with Gasteiger partial charge in [0.05, 0.1) is 32.5 Å². The first-order valence-corrected chi connectivity index (χ1v) is 11.9. The highest BCUT2D eigenvalue weighted by atomic mass is 16.6. The molecule has 7 nitrogen and oxygen atoms in total. The number of aliphatic hydroxyl groups excluding tert-OH is 2. The van der Waals surface area contributed by atoms with Crippen LogP contribution in [0.1, 0.15) is 33.1 Å². The van der Waals surface area contributed by atoms with Crippen LogP contribution < -0.4 is 9.80 Å². The van der Waals surface area contributed by atoms with Gasteiger partial charge in [-0.05, 0) is 18.8 Å². The number of rotatable bonds is 7. The van der Waals surface area contributed by atoms with Gasteiger partial charge in [0.2, 0.25) is 0 Å². The highest BCUT2D eigenvalue weighted by Gasteiger charge is 2.60. The number of aliphatic hydroxyl groups is 2. The number of esters is 1. The van der Waals surface area contributed by atoms with Gasteiger partial charge in [-0.25, -0.2) is 0 Å². The number of piperazine rings is 1. The fourth-order valence-electron chi connectivity index (χ4n) is 6.40. The van der Waals surface area contributed by atoms with Crippen molar-refractivity contribution in [1.29, 1.82) is 0 Å². The van der Waals surface area contributed by atoms with Crippen LogP contribution in [0, 0.1) is 23.2 Å². The summed E-state index contributed by atoms with van der Waals surface area (Å²) in [4.78, 5) is 15.8. The van der Waals surface area contributed by atoms with Crippen molar-refractivity contribution in [3.63, 3.8) is 0 Å². The topological polar surface area (TPSA) is 84.9 Å². The normalized spacial score (nSPS) is 43.5. The van der Waals surface area contributed by atoms with Crippen LogP contribution in [-0.2, 0) is 14.3 Å². The molecule has 2 saturated heterocycles. The van der Waals surface area contributed by atoms with Gasteiger partial charge in [-0.1, -0.05) is 25.5 Å². The van der Waals surface area contributed by atoms with Crippen LogP contribution in [-0.4, -0.2) is 87.5 Å². The summed E-state index contributed by atoms with van der Waals surface area (Å²) in [7, 11) is 0. The Morgan fingerprint density at radius 3 is 2.70 bits per heavy atom. The quantitative estimate of drug-likeness (QED) is 0.217. The molecule has 30 heavy (non-hydrogen) atoms. The largest absolute Gasteiger partial charge is 0.461 e. The van der Waals surface area contributed by atoms with Gasteiger partial charge in [0.1, 0.15) is 44.7 Å². The van der Waals surface area contributed by atoms with Crippen LogP contribution in [0.5, 0.6) is 0 Å². The number of nitrogens with one attached hydrogen (secondary N) is 2. The third-order valence-corrected chi connectivity index (χ3v) is 8.58. The summed E-state index contributed by atoms with van der Waals surface area (Å²) in [6.45, 7) is 11.6. The molecule has 4 N–H and O–H groups in total. The molecule has 1 saturated carbocycles. The number of carbonyl (C=O) groups excluding carboxylic acids is 1. The van der Waals surface area contributed by atoms with Crippen molar-refractivity contribution in [2.75, 3.05) is 59.1 Å². The molecule has 6 atom stereocenters. The van der Waals surface area contributed by atoms with E-state index in [0.717, 1.165) is 58.5 Å². The Bertz CT molecular complexity index is 648. The molecule has 2 aliphatic carbocycles. The molecule has 0 aromatic rings. The molecule has 0 radical (unpaired) electrons. The molecular weight excluding hydrogens is 384 g/mol. The average molecular weight is 425 g/mol. The third-order valence-electron chi connectivity index (χ3n) is 8.58. The van der Waals surface area contributed by atoms with E-state index in [4.69, 9.17) is 14.6 Å². The zero-order valence-corrected chi connectivity index (χ0v) is 18.6. The lowest BCUT2D eigenvalue weighted by atomic mass is 9.55. The lowest BCUT2D eigenvalue weighted by Crippen LogP contribution is -3.28. The van der Waals surface area contributed by atoms with Crippen molar-refractivity contribution in [3.8, 4) is 0 Å². The molecule has 4 rings (SSSR count). The van der Waals surface area contributed by atoms with E-state index in [1.165, 1.54) is 15.4 Å². The first kappa shape index (κ1) is 22.2. The number of hydrogen-bond donors (Lipinski definition) is 4. The van der Waals surface area contributed by atoms with Crippen LogP contribution in [0.4, 0.5) is 0 Å². The van der Waals surface area contributed by atoms with Crippen molar-refractivity contribution in [1.82, 2.24) is 0 Å². The lowest BCUT2D eigenvalue weighted by molar-refractivity contribution is -1.01. The number of quaternary nitrogens is 2. The second kappa shape index (κ2) is 9.25. The summed E-state index contributed by atoms with van der Waals surface area (Å²) in [6.07, 6.45) is 4.59. The van der Waals surface area contributed by atoms with Gasteiger partial charge >= 0.3 is 5.97 Å². The van der Waals surface area contributed by atoms with Crippen LogP contribution in [0.2, 0.25) is 0 Å². The highest BCUT2D eigenvalue weighted by Crippen LogP contribution is 2.55. The van der Waals surface area contributed by atoms with E-state index in [1.807, 2.05) is 0 Å². The van der Waals surface area contributed by atoms with Crippen LogP contribution in [0.15, 0.2) is 11.6 Å². The van der Waals surface area contributed by atoms with E-state index in [0.29, 0.717) is 19.1 Å². The SMILES string of the molecule is C[C@@H]1CCC=C2C[C@H]3OC(=O)[C@H](C[NH+]4CC[NH+](CCOCCO)CC4)[C@H]3[C@@H](O)[C@@]21C. The zero-order valence-electron chi connectivity index (χ0n) is 18.6. The van der Waals surface area contributed by atoms with E-state index in [-0.39, 0.29) is 35.9 Å². The zero-order chi connectivity index (χ0) is 21.3. The number of fused-ring (bicyclic) bond motifs is 2. The average Bonchev–Trinajstić information content (AvgIpc) is 3.04. The van der Waals surface area contributed by atoms with E-state index >= 15 is 0 Å². The van der Waals surface area contributed by atoms with Gasteiger partial charge < -0.3 is 29.5 Å². The molecule has 0 aromatic heterocycles. The summed E-state index contributed by atoms with van der Waals surface area (Å²) in [6, 6.07) is 0. The van der Waals surface area contributed by atoms with Gasteiger partial charge in [-0.3, -0.25) is 4.79 Å². The van der Waals surface area contributed by atoms with Gasteiger partial charge in [0.15, 0.2) is 0 Å². The second-order valence-electron chi connectivity index (χ2n) is 10.1. The predicted octanol–water partition coefficient (Wildman–Crippen LogP) is -1.94. The summed E-state index contributed by atoms with van der Waals surface area (Å²) < 4.78 is 11.2. The summed E-state index contributed by atoms with van der Waals surface area (Å²) in [5, 5.41) is 20.3. The fraction of sp³-hybridized carbons (Fsp3) is 0.870. The Morgan fingerprint density at radius 2 is 1.97 bits per heavy atom. The Hall–Kier alpha value is -0.990. The molecule has 0 aromatic carbocycles. The van der Waals surface area contributed by atoms with Crippen LogP contribution in [0.25, 0.3) is 0 Å². The van der Waals surface area contributed by atoms with Crippen LogP contribution in [0.3, 0.4) is 0 Å². The Balaban J connectivity index is 1.36. The number of carbonyl (C=O) groups is 1. The third kappa shape index (κ3) is 4.07. The van der Waals surface area contributed by atoms with E-state index in [1.54, 1.807) is 0 Å². The predicted molar refractivity (Wildman–Crippen MR) is 111 cm³/mol. The molecule has 170 valence electrons.